The van der Waals surface area contributed by atoms with Crippen LogP contribution in [0.2, 0.25) is 5.02 Å². The van der Waals surface area contributed by atoms with Gasteiger partial charge in [0.2, 0.25) is 0 Å². The average Bonchev–Trinajstić information content (AvgIpc) is 2.34. The van der Waals surface area contributed by atoms with E-state index in [2.05, 4.69) is 35.8 Å². The van der Waals surface area contributed by atoms with Crippen molar-refractivity contribution >= 4 is 39.3 Å². The highest BCUT2D eigenvalue weighted by atomic mass is 79.9. The molecular formula is C13H18BrClS. The molecule has 3 heteroatoms. The van der Waals surface area contributed by atoms with E-state index in [1.165, 1.54) is 17.7 Å². The maximum Gasteiger partial charge on any atom is 0.0541 e. The fraction of sp³-hybridized carbons (Fsp3) is 0.538. The molecule has 16 heavy (non-hydrogen) atoms. The maximum absolute atomic E-state index is 6.15. The van der Waals surface area contributed by atoms with Gasteiger partial charge in [-0.05, 0) is 30.4 Å². The third kappa shape index (κ3) is 3.68. The molecule has 0 heterocycles. The van der Waals surface area contributed by atoms with E-state index in [4.69, 9.17) is 11.6 Å². The number of hydrogen-bond donors (Lipinski definition) is 0. The number of benzene rings is 1. The SMILES string of the molecule is CCC(CC)(CBr)CSc1ccccc1Cl. The summed E-state index contributed by atoms with van der Waals surface area (Å²) >= 11 is 11.7. The van der Waals surface area contributed by atoms with Gasteiger partial charge in [0.1, 0.15) is 0 Å². The van der Waals surface area contributed by atoms with Gasteiger partial charge in [0, 0.05) is 16.0 Å². The molecule has 0 aromatic heterocycles. The van der Waals surface area contributed by atoms with E-state index in [0.29, 0.717) is 5.41 Å². The Bertz CT molecular complexity index is 315. The van der Waals surface area contributed by atoms with Crippen molar-refractivity contribution in [3.63, 3.8) is 0 Å². The van der Waals surface area contributed by atoms with Gasteiger partial charge < -0.3 is 0 Å². The normalized spacial score (nSPS) is 11.8. The van der Waals surface area contributed by atoms with Crippen LogP contribution in [0.5, 0.6) is 0 Å². The summed E-state index contributed by atoms with van der Waals surface area (Å²) in [5.74, 6) is 1.12. The number of rotatable bonds is 6. The van der Waals surface area contributed by atoms with Crippen LogP contribution in [-0.4, -0.2) is 11.1 Å². The predicted octanol–water partition coefficient (Wildman–Crippen LogP) is 5.63. The van der Waals surface area contributed by atoms with Crippen LogP contribution in [0.1, 0.15) is 26.7 Å². The first kappa shape index (κ1) is 14.4. The van der Waals surface area contributed by atoms with Crippen molar-refractivity contribution in [2.45, 2.75) is 31.6 Å². The minimum absolute atomic E-state index is 0.393. The van der Waals surface area contributed by atoms with E-state index in [1.807, 2.05) is 30.0 Å². The van der Waals surface area contributed by atoms with Gasteiger partial charge in [0.05, 0.1) is 5.02 Å². The smallest absolute Gasteiger partial charge is 0.0541 e. The van der Waals surface area contributed by atoms with E-state index >= 15 is 0 Å². The topological polar surface area (TPSA) is 0 Å². The molecule has 0 aliphatic carbocycles. The van der Waals surface area contributed by atoms with Gasteiger partial charge in [0.15, 0.2) is 0 Å². The molecule has 1 rings (SSSR count). The fourth-order valence-electron chi connectivity index (χ4n) is 1.47. The predicted molar refractivity (Wildman–Crippen MR) is 79.0 cm³/mol. The van der Waals surface area contributed by atoms with Crippen LogP contribution in [0.25, 0.3) is 0 Å². The molecule has 0 radical (unpaired) electrons. The number of thioether (sulfide) groups is 1. The highest BCUT2D eigenvalue weighted by Gasteiger charge is 2.25. The molecule has 0 N–H and O–H groups in total. The standard InChI is InChI=1S/C13H18BrClS/c1-3-13(4-2,9-14)10-16-12-8-6-5-7-11(12)15/h5-8H,3-4,9-10H2,1-2H3. The van der Waals surface area contributed by atoms with Gasteiger partial charge in [-0.2, -0.15) is 0 Å². The highest BCUT2D eigenvalue weighted by molar-refractivity contribution is 9.09. The maximum atomic E-state index is 6.15. The van der Waals surface area contributed by atoms with Gasteiger partial charge in [-0.25, -0.2) is 0 Å². The van der Waals surface area contributed by atoms with Crippen molar-refractivity contribution in [1.82, 2.24) is 0 Å². The van der Waals surface area contributed by atoms with Gasteiger partial charge in [0.25, 0.3) is 0 Å². The molecule has 0 amide bonds. The van der Waals surface area contributed by atoms with Gasteiger partial charge >= 0.3 is 0 Å². The van der Waals surface area contributed by atoms with Gasteiger partial charge in [-0.1, -0.05) is 53.5 Å². The zero-order valence-corrected chi connectivity index (χ0v) is 13.0. The Hall–Kier alpha value is 0.340. The molecule has 0 aliphatic heterocycles. The summed E-state index contributed by atoms with van der Waals surface area (Å²) in [6.07, 6.45) is 2.40. The summed E-state index contributed by atoms with van der Waals surface area (Å²) in [5.41, 5.74) is 0.393. The first-order valence-electron chi connectivity index (χ1n) is 5.60. The van der Waals surface area contributed by atoms with Crippen molar-refractivity contribution in [3.8, 4) is 0 Å². The Balaban J connectivity index is 2.66. The molecule has 0 bridgehead atoms. The fourth-order valence-corrected chi connectivity index (χ4v) is 4.38. The molecule has 0 aliphatic rings. The van der Waals surface area contributed by atoms with Gasteiger partial charge in [-0.3, -0.25) is 0 Å². The summed E-state index contributed by atoms with van der Waals surface area (Å²) in [6.45, 7) is 4.52. The van der Waals surface area contributed by atoms with Crippen molar-refractivity contribution in [1.29, 1.82) is 0 Å². The van der Waals surface area contributed by atoms with E-state index in [0.717, 1.165) is 16.1 Å². The number of hydrogen-bond acceptors (Lipinski definition) is 1. The van der Waals surface area contributed by atoms with E-state index < -0.39 is 0 Å². The molecule has 0 unspecified atom stereocenters. The Labute approximate surface area is 116 Å². The molecule has 0 saturated carbocycles. The van der Waals surface area contributed by atoms with Crippen LogP contribution in [0.3, 0.4) is 0 Å². The molecule has 90 valence electrons. The Morgan fingerprint density at radius 1 is 1.25 bits per heavy atom. The monoisotopic (exact) mass is 320 g/mol. The molecule has 1 aromatic rings. The van der Waals surface area contributed by atoms with Crippen molar-refractivity contribution < 1.29 is 0 Å². The molecule has 1 aromatic carbocycles. The summed E-state index contributed by atoms with van der Waals surface area (Å²) in [7, 11) is 0. The Morgan fingerprint density at radius 2 is 1.88 bits per heavy atom. The highest BCUT2D eigenvalue weighted by Crippen LogP contribution is 2.37. The third-order valence-electron chi connectivity index (χ3n) is 3.15. The molecule has 0 saturated heterocycles. The lowest BCUT2D eigenvalue weighted by atomic mass is 9.87. The largest absolute Gasteiger partial charge is 0.124 e. The zero-order valence-electron chi connectivity index (χ0n) is 9.80. The molecule has 0 fully saturated rings. The second-order valence-corrected chi connectivity index (χ2v) is 6.04. The van der Waals surface area contributed by atoms with Crippen LogP contribution in [0.4, 0.5) is 0 Å². The van der Waals surface area contributed by atoms with E-state index in [9.17, 15) is 0 Å². The second-order valence-electron chi connectivity index (χ2n) is 4.06. The van der Waals surface area contributed by atoms with E-state index in [1.54, 1.807) is 0 Å². The van der Waals surface area contributed by atoms with Gasteiger partial charge in [-0.15, -0.1) is 11.8 Å². The lowest BCUT2D eigenvalue weighted by molar-refractivity contribution is 0.359. The lowest BCUT2D eigenvalue weighted by Gasteiger charge is -2.29. The quantitative estimate of drug-likeness (QED) is 0.483. The van der Waals surface area contributed by atoms with Crippen LogP contribution in [0, 0.1) is 5.41 Å². The minimum Gasteiger partial charge on any atom is -0.124 e. The summed E-state index contributed by atoms with van der Waals surface area (Å²) in [4.78, 5) is 1.19. The summed E-state index contributed by atoms with van der Waals surface area (Å²) < 4.78 is 0. The number of alkyl halides is 1. The first-order valence-corrected chi connectivity index (χ1v) is 8.09. The van der Waals surface area contributed by atoms with Crippen LogP contribution >= 0.6 is 39.3 Å². The Kier molecular flexibility index (Phi) is 6.23. The summed E-state index contributed by atoms with van der Waals surface area (Å²) in [5, 5.41) is 1.92. The second kappa shape index (κ2) is 6.93. The summed E-state index contributed by atoms with van der Waals surface area (Å²) in [6, 6.07) is 8.07. The van der Waals surface area contributed by atoms with Crippen LogP contribution in [-0.2, 0) is 0 Å². The lowest BCUT2D eigenvalue weighted by Crippen LogP contribution is -2.23. The molecular weight excluding hydrogens is 304 g/mol. The first-order chi connectivity index (χ1) is 7.67. The van der Waals surface area contributed by atoms with E-state index in [-0.39, 0.29) is 0 Å². The molecule has 0 atom stereocenters. The zero-order chi connectivity index (χ0) is 12.0. The minimum atomic E-state index is 0.393. The number of halogens is 2. The van der Waals surface area contributed by atoms with Crippen LogP contribution in [0.15, 0.2) is 29.2 Å². The van der Waals surface area contributed by atoms with Crippen molar-refractivity contribution in [2.75, 3.05) is 11.1 Å². The van der Waals surface area contributed by atoms with Crippen molar-refractivity contribution in [3.05, 3.63) is 29.3 Å². The molecule has 0 nitrogen and oxygen atoms in total. The third-order valence-corrected chi connectivity index (χ3v) is 6.21. The van der Waals surface area contributed by atoms with Crippen LogP contribution < -0.4 is 0 Å². The Morgan fingerprint density at radius 3 is 2.38 bits per heavy atom. The average molecular weight is 322 g/mol. The molecule has 0 spiro atoms. The van der Waals surface area contributed by atoms with Crippen molar-refractivity contribution in [2.24, 2.45) is 5.41 Å².